The SMILES string of the molecule is CCC(=O)N1CCC2=C1CC(C)C(C#CC(=O)NCc1cccnc1)=C2. The summed E-state index contributed by atoms with van der Waals surface area (Å²) in [5, 5.41) is 2.78. The lowest BCUT2D eigenvalue weighted by Gasteiger charge is -2.25. The summed E-state index contributed by atoms with van der Waals surface area (Å²) in [6.07, 6.45) is 7.68. The molecule has 0 saturated heterocycles. The van der Waals surface area contributed by atoms with E-state index in [9.17, 15) is 9.59 Å². The summed E-state index contributed by atoms with van der Waals surface area (Å²) < 4.78 is 0. The van der Waals surface area contributed by atoms with E-state index >= 15 is 0 Å². The smallest absolute Gasteiger partial charge is 0.296 e. The van der Waals surface area contributed by atoms with Crippen LogP contribution in [0.3, 0.4) is 0 Å². The van der Waals surface area contributed by atoms with Gasteiger partial charge in [0.25, 0.3) is 5.91 Å². The highest BCUT2D eigenvalue weighted by molar-refractivity contribution is 5.94. The first-order chi connectivity index (χ1) is 12.6. The van der Waals surface area contributed by atoms with E-state index in [1.54, 1.807) is 12.4 Å². The summed E-state index contributed by atoms with van der Waals surface area (Å²) in [6.45, 7) is 5.15. The second-order valence-corrected chi connectivity index (χ2v) is 6.62. The van der Waals surface area contributed by atoms with Gasteiger partial charge in [0.1, 0.15) is 0 Å². The fourth-order valence-electron chi connectivity index (χ4n) is 3.30. The fourth-order valence-corrected chi connectivity index (χ4v) is 3.30. The molecule has 3 rings (SSSR count). The zero-order valence-corrected chi connectivity index (χ0v) is 15.2. The minimum Gasteiger partial charge on any atom is -0.341 e. The molecule has 0 spiro atoms. The summed E-state index contributed by atoms with van der Waals surface area (Å²) in [6, 6.07) is 3.74. The van der Waals surface area contributed by atoms with Gasteiger partial charge in [-0.25, -0.2) is 0 Å². The summed E-state index contributed by atoms with van der Waals surface area (Å²) in [4.78, 5) is 30.0. The predicted molar refractivity (Wildman–Crippen MR) is 99.4 cm³/mol. The summed E-state index contributed by atoms with van der Waals surface area (Å²) in [5.41, 5.74) is 4.22. The van der Waals surface area contributed by atoms with Crippen molar-refractivity contribution in [1.82, 2.24) is 15.2 Å². The average Bonchev–Trinajstić information content (AvgIpc) is 3.07. The first-order valence-electron chi connectivity index (χ1n) is 9.01. The molecule has 0 saturated carbocycles. The van der Waals surface area contributed by atoms with Gasteiger partial charge in [0.05, 0.1) is 0 Å². The maximum absolute atomic E-state index is 12.0. The molecule has 26 heavy (non-hydrogen) atoms. The van der Waals surface area contributed by atoms with Crippen LogP contribution in [0.4, 0.5) is 0 Å². The second-order valence-electron chi connectivity index (χ2n) is 6.62. The number of hydrogen-bond acceptors (Lipinski definition) is 3. The Morgan fingerprint density at radius 2 is 2.27 bits per heavy atom. The Morgan fingerprint density at radius 3 is 3.00 bits per heavy atom. The zero-order valence-electron chi connectivity index (χ0n) is 15.2. The van der Waals surface area contributed by atoms with Crippen LogP contribution in [-0.2, 0) is 16.1 Å². The van der Waals surface area contributed by atoms with E-state index in [0.717, 1.165) is 36.2 Å². The van der Waals surface area contributed by atoms with Crippen molar-refractivity contribution in [2.24, 2.45) is 5.92 Å². The van der Waals surface area contributed by atoms with Gasteiger partial charge in [-0.3, -0.25) is 14.6 Å². The predicted octanol–water partition coefficient (Wildman–Crippen LogP) is 2.56. The molecule has 0 radical (unpaired) electrons. The Kier molecular flexibility index (Phi) is 5.52. The van der Waals surface area contributed by atoms with Crippen LogP contribution in [0.1, 0.15) is 38.7 Å². The van der Waals surface area contributed by atoms with Crippen molar-refractivity contribution in [3.63, 3.8) is 0 Å². The van der Waals surface area contributed by atoms with E-state index in [0.29, 0.717) is 13.0 Å². The fraction of sp³-hybridized carbons (Fsp3) is 0.381. The first kappa shape index (κ1) is 17.9. The first-order valence-corrected chi connectivity index (χ1v) is 9.01. The van der Waals surface area contributed by atoms with E-state index in [4.69, 9.17) is 0 Å². The lowest BCUT2D eigenvalue weighted by atomic mass is 9.88. The van der Waals surface area contributed by atoms with E-state index in [1.807, 2.05) is 24.0 Å². The van der Waals surface area contributed by atoms with Crippen molar-refractivity contribution >= 4 is 11.8 Å². The number of carbonyl (C=O) groups is 2. The summed E-state index contributed by atoms with van der Waals surface area (Å²) in [5.74, 6) is 5.80. The molecule has 5 nitrogen and oxygen atoms in total. The molecule has 1 aromatic heterocycles. The highest BCUT2D eigenvalue weighted by Crippen LogP contribution is 2.36. The van der Waals surface area contributed by atoms with Crippen LogP contribution in [0.2, 0.25) is 0 Å². The molecule has 1 unspecified atom stereocenters. The van der Waals surface area contributed by atoms with Gasteiger partial charge in [0.15, 0.2) is 0 Å². The molecule has 2 heterocycles. The van der Waals surface area contributed by atoms with Crippen LogP contribution < -0.4 is 5.32 Å². The third-order valence-corrected chi connectivity index (χ3v) is 4.76. The molecule has 1 aliphatic carbocycles. The number of aromatic nitrogens is 1. The van der Waals surface area contributed by atoms with Crippen LogP contribution in [0.15, 0.2) is 47.4 Å². The molecular formula is C21H23N3O2. The number of amides is 2. The molecule has 0 bridgehead atoms. The van der Waals surface area contributed by atoms with Crippen LogP contribution in [0.25, 0.3) is 0 Å². The quantitative estimate of drug-likeness (QED) is 0.853. The molecule has 1 aromatic rings. The van der Waals surface area contributed by atoms with Crippen molar-refractivity contribution in [3.05, 3.63) is 53.0 Å². The van der Waals surface area contributed by atoms with Crippen LogP contribution in [-0.4, -0.2) is 28.2 Å². The van der Waals surface area contributed by atoms with Crippen molar-refractivity contribution < 1.29 is 9.59 Å². The lowest BCUT2D eigenvalue weighted by molar-refractivity contribution is -0.128. The van der Waals surface area contributed by atoms with Gasteiger partial charge < -0.3 is 10.2 Å². The van der Waals surface area contributed by atoms with Gasteiger partial charge in [0.2, 0.25) is 5.91 Å². The Morgan fingerprint density at radius 1 is 1.42 bits per heavy atom. The second kappa shape index (κ2) is 8.01. The molecule has 0 fully saturated rings. The van der Waals surface area contributed by atoms with Crippen molar-refractivity contribution in [3.8, 4) is 11.8 Å². The normalized spacial score (nSPS) is 18.6. The maximum Gasteiger partial charge on any atom is 0.296 e. The Labute approximate surface area is 154 Å². The summed E-state index contributed by atoms with van der Waals surface area (Å²) >= 11 is 0. The van der Waals surface area contributed by atoms with Crippen LogP contribution >= 0.6 is 0 Å². The number of allylic oxidation sites excluding steroid dienone is 3. The number of hydrogen-bond donors (Lipinski definition) is 1. The Bertz CT molecular complexity index is 828. The van der Waals surface area contributed by atoms with Crippen LogP contribution in [0.5, 0.6) is 0 Å². The van der Waals surface area contributed by atoms with Crippen LogP contribution in [0, 0.1) is 17.8 Å². The third kappa shape index (κ3) is 4.02. The van der Waals surface area contributed by atoms with Crippen molar-refractivity contribution in [2.45, 2.75) is 39.7 Å². The van der Waals surface area contributed by atoms with Crippen molar-refractivity contribution in [1.29, 1.82) is 0 Å². The highest BCUT2D eigenvalue weighted by Gasteiger charge is 2.30. The Balaban J connectivity index is 1.66. The topological polar surface area (TPSA) is 62.3 Å². The highest BCUT2D eigenvalue weighted by atomic mass is 16.2. The largest absolute Gasteiger partial charge is 0.341 e. The van der Waals surface area contributed by atoms with E-state index in [1.165, 1.54) is 5.57 Å². The zero-order chi connectivity index (χ0) is 18.5. The molecule has 0 aromatic carbocycles. The van der Waals surface area contributed by atoms with Gasteiger partial charge in [-0.15, -0.1) is 0 Å². The third-order valence-electron chi connectivity index (χ3n) is 4.76. The number of nitrogens with zero attached hydrogens (tertiary/aromatic N) is 2. The van der Waals surface area contributed by atoms with Gasteiger partial charge in [-0.05, 0) is 48.0 Å². The average molecular weight is 349 g/mol. The summed E-state index contributed by atoms with van der Waals surface area (Å²) in [7, 11) is 0. The minimum atomic E-state index is -0.295. The molecule has 134 valence electrons. The van der Waals surface area contributed by atoms with E-state index in [-0.39, 0.29) is 17.7 Å². The maximum atomic E-state index is 12.0. The number of rotatable bonds is 3. The van der Waals surface area contributed by atoms with Crippen molar-refractivity contribution in [2.75, 3.05) is 6.54 Å². The molecule has 1 aliphatic heterocycles. The number of carbonyl (C=O) groups excluding carboxylic acids is 2. The van der Waals surface area contributed by atoms with E-state index in [2.05, 4.69) is 35.1 Å². The monoisotopic (exact) mass is 349 g/mol. The molecule has 1 atom stereocenters. The number of pyridine rings is 1. The Hall–Kier alpha value is -2.87. The molecule has 5 heteroatoms. The van der Waals surface area contributed by atoms with Gasteiger partial charge in [0, 0.05) is 43.2 Å². The van der Waals surface area contributed by atoms with E-state index < -0.39 is 0 Å². The van der Waals surface area contributed by atoms with Gasteiger partial charge in [-0.1, -0.05) is 25.8 Å². The number of nitrogens with one attached hydrogen (secondary N) is 1. The molecule has 1 N–H and O–H groups in total. The molecular weight excluding hydrogens is 326 g/mol. The standard InChI is InChI=1S/C21H23N3O2/c1-3-21(26)24-10-8-18-12-17(15(2)11-19(18)24)6-7-20(25)23-14-16-5-4-9-22-13-16/h4-5,9,12-13,15H,3,8,10-11,14H2,1-2H3,(H,23,25). The van der Waals surface area contributed by atoms with Gasteiger partial charge >= 0.3 is 0 Å². The minimum absolute atomic E-state index is 0.180. The van der Waals surface area contributed by atoms with Gasteiger partial charge in [-0.2, -0.15) is 0 Å². The molecule has 2 amide bonds. The lowest BCUT2D eigenvalue weighted by Crippen LogP contribution is -2.28. The molecule has 2 aliphatic rings.